The largest absolute Gasteiger partial charge is 0.481 e. The molecule has 0 saturated heterocycles. The van der Waals surface area contributed by atoms with Crippen LogP contribution in [0.5, 0.6) is 0 Å². The Balaban J connectivity index is 3.37. The predicted molar refractivity (Wildman–Crippen MR) is 58.0 cm³/mol. The molecule has 0 aliphatic heterocycles. The molecular formula is C12H16O3. The summed E-state index contributed by atoms with van der Waals surface area (Å²) in [5, 5.41) is 16.8. The predicted octanol–water partition coefficient (Wildman–Crippen LogP) is 1.41. The highest BCUT2D eigenvalue weighted by Gasteiger charge is 1.87. The van der Waals surface area contributed by atoms with Crippen molar-refractivity contribution >= 4 is 5.97 Å². The summed E-state index contributed by atoms with van der Waals surface area (Å²) in [4.78, 5) is 10.1. The Morgan fingerprint density at radius 3 is 2.40 bits per heavy atom. The fourth-order valence-electron chi connectivity index (χ4n) is 0.898. The lowest BCUT2D eigenvalue weighted by Crippen LogP contribution is -1.89. The van der Waals surface area contributed by atoms with E-state index in [-0.39, 0.29) is 13.0 Å². The van der Waals surface area contributed by atoms with E-state index in [1.807, 2.05) is 0 Å². The maximum atomic E-state index is 10.1. The Hall–Kier alpha value is -1.45. The molecule has 3 nitrogen and oxygen atoms in total. The summed E-state index contributed by atoms with van der Waals surface area (Å²) in [5.74, 6) is 10.1. The molecule has 0 rings (SSSR count). The highest BCUT2D eigenvalue weighted by atomic mass is 16.4. The van der Waals surface area contributed by atoms with E-state index >= 15 is 0 Å². The minimum absolute atomic E-state index is 0.113. The number of rotatable bonds is 5. The van der Waals surface area contributed by atoms with E-state index in [9.17, 15) is 4.79 Å². The molecule has 0 fully saturated rings. The maximum Gasteiger partial charge on any atom is 0.315 e. The van der Waals surface area contributed by atoms with Gasteiger partial charge < -0.3 is 10.2 Å². The van der Waals surface area contributed by atoms with Gasteiger partial charge in [0.25, 0.3) is 0 Å². The minimum atomic E-state index is -0.903. The molecule has 0 aromatic rings. The minimum Gasteiger partial charge on any atom is -0.481 e. The lowest BCUT2D eigenvalue weighted by atomic mass is 10.2. The van der Waals surface area contributed by atoms with Gasteiger partial charge >= 0.3 is 5.97 Å². The number of aliphatic hydroxyl groups excluding tert-OH is 1. The molecule has 3 heteroatoms. The van der Waals surface area contributed by atoms with E-state index in [1.54, 1.807) is 0 Å². The zero-order valence-corrected chi connectivity index (χ0v) is 8.75. The second-order valence-corrected chi connectivity index (χ2v) is 2.99. The first-order chi connectivity index (χ1) is 7.27. The van der Waals surface area contributed by atoms with Crippen LogP contribution in [0.2, 0.25) is 0 Å². The third-order valence-corrected chi connectivity index (χ3v) is 1.63. The summed E-state index contributed by atoms with van der Waals surface area (Å²) in [6.45, 7) is 0.244. The quantitative estimate of drug-likeness (QED) is 0.530. The molecule has 0 amide bonds. The number of hydrogen-bond donors (Lipinski definition) is 2. The van der Waals surface area contributed by atoms with Crippen molar-refractivity contribution in [2.24, 2.45) is 0 Å². The van der Waals surface area contributed by atoms with Crippen molar-refractivity contribution in [3.63, 3.8) is 0 Å². The van der Waals surface area contributed by atoms with Gasteiger partial charge in [-0.15, -0.1) is 5.92 Å². The SMILES string of the molecule is O=C(O)CC#CCC#CCCCCCO. The molecule has 0 aromatic heterocycles. The fourth-order valence-corrected chi connectivity index (χ4v) is 0.898. The molecule has 15 heavy (non-hydrogen) atoms. The van der Waals surface area contributed by atoms with Crippen LogP contribution in [0.1, 0.15) is 38.5 Å². The Morgan fingerprint density at radius 2 is 1.73 bits per heavy atom. The van der Waals surface area contributed by atoms with Crippen LogP contribution >= 0.6 is 0 Å². The van der Waals surface area contributed by atoms with Gasteiger partial charge in [0.05, 0.1) is 6.42 Å². The average molecular weight is 208 g/mol. The molecular weight excluding hydrogens is 192 g/mol. The molecule has 0 heterocycles. The molecule has 0 radical (unpaired) electrons. The van der Waals surface area contributed by atoms with Crippen molar-refractivity contribution in [1.29, 1.82) is 0 Å². The van der Waals surface area contributed by atoms with Gasteiger partial charge in [0.1, 0.15) is 6.42 Å². The third kappa shape index (κ3) is 12.5. The normalized spacial score (nSPS) is 8.33. The standard InChI is InChI=1S/C12H16O3/c13-11-9-7-5-3-1-2-4-6-8-10-12(14)15/h13H,3-5,7,9-11H2,(H,14,15). The van der Waals surface area contributed by atoms with Crippen molar-refractivity contribution in [3.05, 3.63) is 0 Å². The molecule has 0 aliphatic rings. The maximum absolute atomic E-state index is 10.1. The van der Waals surface area contributed by atoms with Crippen LogP contribution in [0.15, 0.2) is 0 Å². The lowest BCUT2D eigenvalue weighted by molar-refractivity contribution is -0.135. The van der Waals surface area contributed by atoms with Crippen LogP contribution < -0.4 is 0 Å². The Morgan fingerprint density at radius 1 is 1.00 bits per heavy atom. The summed E-state index contributed by atoms with van der Waals surface area (Å²) in [7, 11) is 0. The number of unbranched alkanes of at least 4 members (excludes halogenated alkanes) is 3. The van der Waals surface area contributed by atoms with E-state index in [0.717, 1.165) is 25.7 Å². The van der Waals surface area contributed by atoms with Crippen LogP contribution in [-0.4, -0.2) is 22.8 Å². The van der Waals surface area contributed by atoms with Gasteiger partial charge in [-0.1, -0.05) is 24.2 Å². The van der Waals surface area contributed by atoms with Crippen molar-refractivity contribution < 1.29 is 15.0 Å². The van der Waals surface area contributed by atoms with Crippen LogP contribution in [0.3, 0.4) is 0 Å². The number of carboxylic acids is 1. The number of hydrogen-bond acceptors (Lipinski definition) is 2. The van der Waals surface area contributed by atoms with Crippen LogP contribution in [0, 0.1) is 23.7 Å². The first kappa shape index (κ1) is 13.5. The van der Waals surface area contributed by atoms with Crippen LogP contribution in [0.25, 0.3) is 0 Å². The Labute approximate surface area is 90.5 Å². The number of carbonyl (C=O) groups is 1. The van der Waals surface area contributed by atoms with Crippen LogP contribution in [-0.2, 0) is 4.79 Å². The van der Waals surface area contributed by atoms with E-state index < -0.39 is 5.97 Å². The van der Waals surface area contributed by atoms with Crippen LogP contribution in [0.4, 0.5) is 0 Å². The highest BCUT2D eigenvalue weighted by Crippen LogP contribution is 1.97. The summed E-state index contributed by atoms with van der Waals surface area (Å²) in [5.41, 5.74) is 0. The Bertz CT molecular complexity index is 285. The average Bonchev–Trinajstić information content (AvgIpc) is 2.20. The van der Waals surface area contributed by atoms with Gasteiger partial charge in [0, 0.05) is 13.0 Å². The van der Waals surface area contributed by atoms with E-state index in [1.165, 1.54) is 0 Å². The molecule has 0 atom stereocenters. The first-order valence-corrected chi connectivity index (χ1v) is 5.01. The lowest BCUT2D eigenvalue weighted by Gasteiger charge is -1.90. The smallest absolute Gasteiger partial charge is 0.315 e. The van der Waals surface area contributed by atoms with Gasteiger partial charge in [-0.25, -0.2) is 0 Å². The number of aliphatic hydroxyl groups is 1. The molecule has 0 bridgehead atoms. The second-order valence-electron chi connectivity index (χ2n) is 2.99. The highest BCUT2D eigenvalue weighted by molar-refractivity contribution is 5.69. The number of carboxylic acid groups (broad SMARTS) is 1. The van der Waals surface area contributed by atoms with Gasteiger partial charge in [0.2, 0.25) is 0 Å². The molecule has 2 N–H and O–H groups in total. The summed E-state index contributed by atoms with van der Waals surface area (Å²) in [6, 6.07) is 0. The van der Waals surface area contributed by atoms with Crippen molar-refractivity contribution in [3.8, 4) is 23.7 Å². The van der Waals surface area contributed by atoms with Gasteiger partial charge in [-0.05, 0) is 12.8 Å². The van der Waals surface area contributed by atoms with E-state index in [4.69, 9.17) is 10.2 Å². The third-order valence-electron chi connectivity index (χ3n) is 1.63. The van der Waals surface area contributed by atoms with Crippen molar-refractivity contribution in [2.75, 3.05) is 6.61 Å². The summed E-state index contributed by atoms with van der Waals surface area (Å²) in [6.07, 6.45) is 3.97. The molecule has 0 unspecified atom stereocenters. The topological polar surface area (TPSA) is 57.5 Å². The number of aliphatic carboxylic acids is 1. The Kier molecular flexibility index (Phi) is 9.60. The van der Waals surface area contributed by atoms with Crippen molar-refractivity contribution in [1.82, 2.24) is 0 Å². The first-order valence-electron chi connectivity index (χ1n) is 5.01. The summed E-state index contributed by atoms with van der Waals surface area (Å²) >= 11 is 0. The van der Waals surface area contributed by atoms with E-state index in [0.29, 0.717) is 6.42 Å². The van der Waals surface area contributed by atoms with E-state index in [2.05, 4.69) is 23.7 Å². The molecule has 0 aliphatic carbocycles. The second kappa shape index (κ2) is 10.6. The van der Waals surface area contributed by atoms with Crippen molar-refractivity contribution in [2.45, 2.75) is 38.5 Å². The zero-order valence-electron chi connectivity index (χ0n) is 8.75. The molecule has 0 aromatic carbocycles. The van der Waals surface area contributed by atoms with Gasteiger partial charge in [0.15, 0.2) is 0 Å². The molecule has 82 valence electrons. The molecule has 0 saturated carbocycles. The summed E-state index contributed by atoms with van der Waals surface area (Å²) < 4.78 is 0. The fraction of sp³-hybridized carbons (Fsp3) is 0.583. The van der Waals surface area contributed by atoms with Gasteiger partial charge in [-0.2, -0.15) is 0 Å². The zero-order chi connectivity index (χ0) is 11.4. The van der Waals surface area contributed by atoms with Gasteiger partial charge in [-0.3, -0.25) is 4.79 Å². The monoisotopic (exact) mass is 208 g/mol. The molecule has 0 spiro atoms.